The summed E-state index contributed by atoms with van der Waals surface area (Å²) in [6.07, 6.45) is -1.58. The van der Waals surface area contributed by atoms with Crippen LogP contribution in [0.15, 0.2) is 30.5 Å². The van der Waals surface area contributed by atoms with Crippen LogP contribution in [0.4, 0.5) is 13.2 Å². The van der Waals surface area contributed by atoms with E-state index in [0.29, 0.717) is 24.3 Å². The number of fused-ring (bicyclic) bond motifs is 1. The number of para-hydroxylation sites is 1. The van der Waals surface area contributed by atoms with Crippen molar-refractivity contribution in [2.24, 2.45) is 7.05 Å². The molecular weight excluding hydrogens is 345 g/mol. The second-order valence-corrected chi connectivity index (χ2v) is 6.18. The first-order valence-corrected chi connectivity index (χ1v) is 8.33. The molecule has 3 aromatic rings. The monoisotopic (exact) mass is 366 g/mol. The van der Waals surface area contributed by atoms with Crippen LogP contribution in [0.1, 0.15) is 16.8 Å². The molecule has 2 aromatic heterocycles. The van der Waals surface area contributed by atoms with E-state index in [1.807, 2.05) is 24.4 Å². The Morgan fingerprint density at radius 2 is 2.04 bits per heavy atom. The Morgan fingerprint density at radius 1 is 1.27 bits per heavy atom. The smallest absolute Gasteiger partial charge is 0.422 e. The lowest BCUT2D eigenvalue weighted by molar-refractivity contribution is -0.154. The molecule has 0 radical (unpaired) electrons. The molecular formula is C18H21F3N4O. The van der Waals surface area contributed by atoms with Gasteiger partial charge in [-0.3, -0.25) is 0 Å². The zero-order valence-corrected chi connectivity index (χ0v) is 14.7. The number of aryl methyl sites for hydroxylation is 2. The molecule has 0 amide bonds. The van der Waals surface area contributed by atoms with Crippen molar-refractivity contribution in [1.29, 1.82) is 0 Å². The highest BCUT2D eigenvalue weighted by Gasteiger charge is 2.30. The normalized spacial score (nSPS) is 12.0. The van der Waals surface area contributed by atoms with E-state index in [1.54, 1.807) is 14.0 Å². The van der Waals surface area contributed by atoms with Crippen molar-refractivity contribution in [1.82, 2.24) is 20.1 Å². The predicted molar refractivity (Wildman–Crippen MR) is 93.2 cm³/mol. The number of benzene rings is 1. The lowest BCUT2D eigenvalue weighted by Crippen LogP contribution is -2.22. The Kier molecular flexibility index (Phi) is 5.22. The molecule has 1 aromatic carbocycles. The third-order valence-electron chi connectivity index (χ3n) is 4.21. The SMILES string of the molecule is Cc1nn(C)c(OCC(F)(F)F)c1CNCCc1c[nH]c2ccccc12. The van der Waals surface area contributed by atoms with Gasteiger partial charge in [0, 0.05) is 30.7 Å². The van der Waals surface area contributed by atoms with E-state index in [4.69, 9.17) is 4.74 Å². The minimum atomic E-state index is -4.38. The largest absolute Gasteiger partial charge is 0.468 e. The quantitative estimate of drug-likeness (QED) is 0.630. The standard InChI is InChI=1S/C18H21F3N4O/c1-12-15(17(25(2)24-12)26-11-18(19,20)21)10-22-8-7-13-9-23-16-6-4-3-5-14(13)16/h3-6,9,22-23H,7-8,10-11H2,1-2H3. The van der Waals surface area contributed by atoms with Gasteiger partial charge in [0.05, 0.1) is 11.3 Å². The van der Waals surface area contributed by atoms with E-state index in [-0.39, 0.29) is 5.88 Å². The molecule has 0 saturated heterocycles. The highest BCUT2D eigenvalue weighted by Crippen LogP contribution is 2.24. The molecule has 0 saturated carbocycles. The average molecular weight is 366 g/mol. The molecule has 0 unspecified atom stereocenters. The third-order valence-corrected chi connectivity index (χ3v) is 4.21. The molecule has 26 heavy (non-hydrogen) atoms. The van der Waals surface area contributed by atoms with Gasteiger partial charge in [0.1, 0.15) is 0 Å². The molecule has 5 nitrogen and oxygen atoms in total. The maximum absolute atomic E-state index is 12.4. The van der Waals surface area contributed by atoms with Gasteiger partial charge in [-0.15, -0.1) is 0 Å². The highest BCUT2D eigenvalue weighted by molar-refractivity contribution is 5.83. The maximum Gasteiger partial charge on any atom is 0.422 e. The number of nitrogens with one attached hydrogen (secondary N) is 2. The third kappa shape index (κ3) is 4.19. The fourth-order valence-electron chi connectivity index (χ4n) is 2.99. The van der Waals surface area contributed by atoms with Crippen molar-refractivity contribution in [3.8, 4) is 5.88 Å². The van der Waals surface area contributed by atoms with Gasteiger partial charge in [-0.1, -0.05) is 18.2 Å². The van der Waals surface area contributed by atoms with Crippen LogP contribution in [-0.2, 0) is 20.0 Å². The number of nitrogens with zero attached hydrogens (tertiary/aromatic N) is 2. The maximum atomic E-state index is 12.4. The summed E-state index contributed by atoms with van der Waals surface area (Å²) in [5.74, 6) is 0.152. The molecule has 0 fully saturated rings. The molecule has 0 atom stereocenters. The summed E-state index contributed by atoms with van der Waals surface area (Å²) in [6, 6.07) is 8.07. The van der Waals surface area contributed by atoms with Crippen LogP contribution in [0.3, 0.4) is 0 Å². The summed E-state index contributed by atoms with van der Waals surface area (Å²) in [6.45, 7) is 1.52. The zero-order valence-electron chi connectivity index (χ0n) is 14.7. The van der Waals surface area contributed by atoms with Crippen LogP contribution >= 0.6 is 0 Å². The number of hydrogen-bond donors (Lipinski definition) is 2. The number of ether oxygens (including phenoxy) is 1. The summed E-state index contributed by atoms with van der Waals surface area (Å²) >= 11 is 0. The predicted octanol–water partition coefficient (Wildman–Crippen LogP) is 3.48. The van der Waals surface area contributed by atoms with Gasteiger partial charge in [0.2, 0.25) is 5.88 Å². The molecule has 8 heteroatoms. The van der Waals surface area contributed by atoms with Crippen molar-refractivity contribution < 1.29 is 17.9 Å². The topological polar surface area (TPSA) is 54.9 Å². The van der Waals surface area contributed by atoms with E-state index in [1.165, 1.54) is 15.6 Å². The molecule has 0 bridgehead atoms. The van der Waals surface area contributed by atoms with Crippen molar-refractivity contribution >= 4 is 10.9 Å². The van der Waals surface area contributed by atoms with E-state index in [9.17, 15) is 13.2 Å². The first-order valence-electron chi connectivity index (χ1n) is 8.33. The first-order chi connectivity index (χ1) is 12.3. The lowest BCUT2D eigenvalue weighted by Gasteiger charge is -2.11. The number of halogens is 3. The van der Waals surface area contributed by atoms with Crippen LogP contribution in [0.5, 0.6) is 5.88 Å². The number of aromatic amines is 1. The first kappa shape index (κ1) is 18.3. The summed E-state index contributed by atoms with van der Waals surface area (Å²) < 4.78 is 43.6. The van der Waals surface area contributed by atoms with Crippen LogP contribution in [0, 0.1) is 6.92 Å². The molecule has 0 aliphatic rings. The van der Waals surface area contributed by atoms with Crippen molar-refractivity contribution in [2.75, 3.05) is 13.2 Å². The van der Waals surface area contributed by atoms with E-state index in [0.717, 1.165) is 11.9 Å². The summed E-state index contributed by atoms with van der Waals surface area (Å²) in [4.78, 5) is 3.23. The minimum absolute atomic E-state index is 0.152. The van der Waals surface area contributed by atoms with Gasteiger partial charge in [-0.05, 0) is 31.5 Å². The molecule has 3 rings (SSSR count). The summed E-state index contributed by atoms with van der Waals surface area (Å²) in [7, 11) is 1.58. The van der Waals surface area contributed by atoms with E-state index < -0.39 is 12.8 Å². The number of H-pyrrole nitrogens is 1. The Hall–Kier alpha value is -2.48. The fourth-order valence-corrected chi connectivity index (χ4v) is 2.99. The summed E-state index contributed by atoms with van der Waals surface area (Å²) in [5, 5.41) is 8.61. The Labute approximate surface area is 149 Å². The number of alkyl halides is 3. The number of rotatable bonds is 7. The van der Waals surface area contributed by atoms with Gasteiger partial charge in [-0.25, -0.2) is 4.68 Å². The van der Waals surface area contributed by atoms with E-state index >= 15 is 0 Å². The van der Waals surface area contributed by atoms with Crippen LogP contribution in [0.2, 0.25) is 0 Å². The van der Waals surface area contributed by atoms with Gasteiger partial charge in [0.25, 0.3) is 0 Å². The lowest BCUT2D eigenvalue weighted by atomic mass is 10.1. The number of aromatic nitrogens is 3. The van der Waals surface area contributed by atoms with E-state index in [2.05, 4.69) is 21.5 Å². The highest BCUT2D eigenvalue weighted by atomic mass is 19.4. The number of hydrogen-bond acceptors (Lipinski definition) is 3. The molecule has 140 valence electrons. The second-order valence-electron chi connectivity index (χ2n) is 6.18. The van der Waals surface area contributed by atoms with Crippen molar-refractivity contribution in [3.63, 3.8) is 0 Å². The van der Waals surface area contributed by atoms with Crippen LogP contribution in [0.25, 0.3) is 10.9 Å². The van der Waals surface area contributed by atoms with Gasteiger partial charge in [-0.2, -0.15) is 18.3 Å². The zero-order chi connectivity index (χ0) is 18.7. The summed E-state index contributed by atoms with van der Waals surface area (Å²) in [5.41, 5.74) is 3.60. The van der Waals surface area contributed by atoms with Gasteiger partial charge in [0.15, 0.2) is 6.61 Å². The molecule has 0 aliphatic carbocycles. The van der Waals surface area contributed by atoms with Gasteiger partial charge < -0.3 is 15.0 Å². The molecule has 0 aliphatic heterocycles. The minimum Gasteiger partial charge on any atom is -0.468 e. The average Bonchev–Trinajstić information content (AvgIpc) is 3.10. The Balaban J connectivity index is 1.59. The second kappa shape index (κ2) is 7.41. The fraction of sp³-hybridized carbons (Fsp3) is 0.389. The van der Waals surface area contributed by atoms with Crippen LogP contribution < -0.4 is 10.1 Å². The molecule has 0 spiro atoms. The van der Waals surface area contributed by atoms with Crippen LogP contribution in [-0.4, -0.2) is 34.1 Å². The van der Waals surface area contributed by atoms with Crippen molar-refractivity contribution in [2.45, 2.75) is 26.1 Å². The van der Waals surface area contributed by atoms with Crippen molar-refractivity contribution in [3.05, 3.63) is 47.3 Å². The molecule has 2 N–H and O–H groups in total. The molecule has 2 heterocycles. The Morgan fingerprint density at radius 3 is 2.81 bits per heavy atom. The Bertz CT molecular complexity index is 882. The van der Waals surface area contributed by atoms with Gasteiger partial charge >= 0.3 is 6.18 Å².